The lowest BCUT2D eigenvalue weighted by Crippen LogP contribution is -2.09. The van der Waals surface area contributed by atoms with Crippen molar-refractivity contribution in [3.63, 3.8) is 0 Å². The van der Waals surface area contributed by atoms with Gasteiger partial charge in [0.05, 0.1) is 0 Å². The molecular weight excluding hydrogens is 584 g/mol. The van der Waals surface area contributed by atoms with Crippen molar-refractivity contribution in [3.05, 3.63) is 145 Å². The van der Waals surface area contributed by atoms with Gasteiger partial charge in [0.2, 0.25) is 17.7 Å². The van der Waals surface area contributed by atoms with Crippen LogP contribution in [0.1, 0.15) is 5.56 Å². The molecule has 0 saturated carbocycles. The predicted octanol–water partition coefficient (Wildman–Crippen LogP) is 10.9. The third-order valence-corrected chi connectivity index (χ3v) is 8.25. The Morgan fingerprint density at radius 2 is 0.787 bits per heavy atom. The Balaban J connectivity index is 1.09. The lowest BCUT2D eigenvalue weighted by atomic mass is 10.1. The largest absolute Gasteiger partial charge is 0.436 e. The van der Waals surface area contributed by atoms with Gasteiger partial charge in [-0.25, -0.2) is 15.0 Å². The Hall–Kier alpha value is -6.47. The molecule has 0 fully saturated rings. The number of benzene rings is 6. The summed E-state index contributed by atoms with van der Waals surface area (Å²) in [5.41, 5.74) is 11.6. The van der Waals surface area contributed by atoms with Crippen LogP contribution in [0.5, 0.6) is 0 Å². The molecule has 7 heteroatoms. The van der Waals surface area contributed by atoms with E-state index in [4.69, 9.17) is 18.2 Å². The zero-order chi connectivity index (χ0) is 31.3. The molecule has 7 nitrogen and oxygen atoms in total. The average Bonchev–Trinajstić information content (AvgIpc) is 3.86. The summed E-state index contributed by atoms with van der Waals surface area (Å²) in [6.45, 7) is 2.05. The van der Waals surface area contributed by atoms with Crippen molar-refractivity contribution in [1.82, 2.24) is 15.0 Å². The van der Waals surface area contributed by atoms with Crippen LogP contribution in [-0.4, -0.2) is 15.0 Å². The smallest absolute Gasteiger partial charge is 0.227 e. The minimum atomic E-state index is 0.588. The quantitative estimate of drug-likeness (QED) is 0.185. The van der Waals surface area contributed by atoms with Crippen LogP contribution >= 0.6 is 0 Å². The number of nitrogens with zero attached hydrogens (tertiary/aromatic N) is 4. The van der Waals surface area contributed by atoms with Crippen LogP contribution in [0.25, 0.3) is 67.7 Å². The Morgan fingerprint density at radius 1 is 0.404 bits per heavy atom. The predicted molar refractivity (Wildman–Crippen MR) is 185 cm³/mol. The monoisotopic (exact) mass is 610 g/mol. The van der Waals surface area contributed by atoms with Gasteiger partial charge in [-0.05, 0) is 122 Å². The SMILES string of the molecule is Cc1ccc2nc(-c3ccc(N(c4ccc(-c5nc6ccccc6o5)cc4)c4ccc(-c5nc6ccccc6o5)cc4)cc3)oc2c1. The number of oxazole rings is 3. The molecule has 9 rings (SSSR count). The number of aryl methyl sites for hydroxylation is 1. The van der Waals surface area contributed by atoms with Gasteiger partial charge in [-0.1, -0.05) is 30.3 Å². The highest BCUT2D eigenvalue weighted by Gasteiger charge is 2.17. The van der Waals surface area contributed by atoms with E-state index in [0.29, 0.717) is 17.7 Å². The van der Waals surface area contributed by atoms with E-state index < -0.39 is 0 Å². The molecule has 0 aliphatic heterocycles. The lowest BCUT2D eigenvalue weighted by molar-refractivity contribution is 0.619. The maximum atomic E-state index is 6.10. The van der Waals surface area contributed by atoms with Crippen LogP contribution in [0.3, 0.4) is 0 Å². The number of aromatic nitrogens is 3. The van der Waals surface area contributed by atoms with Gasteiger partial charge in [0.1, 0.15) is 16.6 Å². The van der Waals surface area contributed by atoms with Crippen molar-refractivity contribution in [1.29, 1.82) is 0 Å². The van der Waals surface area contributed by atoms with Crippen LogP contribution in [0.15, 0.2) is 153 Å². The molecule has 6 aromatic carbocycles. The van der Waals surface area contributed by atoms with Gasteiger partial charge in [0.15, 0.2) is 16.7 Å². The number of anilines is 3. The van der Waals surface area contributed by atoms with E-state index in [9.17, 15) is 0 Å². The minimum Gasteiger partial charge on any atom is -0.436 e. The molecule has 0 aliphatic rings. The van der Waals surface area contributed by atoms with Crippen molar-refractivity contribution in [3.8, 4) is 34.4 Å². The first-order valence-corrected chi connectivity index (χ1v) is 15.3. The van der Waals surface area contributed by atoms with Gasteiger partial charge in [-0.15, -0.1) is 0 Å². The molecule has 3 heterocycles. The summed E-state index contributed by atoms with van der Waals surface area (Å²) in [7, 11) is 0. The maximum Gasteiger partial charge on any atom is 0.227 e. The third kappa shape index (κ3) is 4.91. The van der Waals surface area contributed by atoms with E-state index in [1.54, 1.807) is 0 Å². The highest BCUT2D eigenvalue weighted by atomic mass is 16.4. The molecule has 0 atom stereocenters. The summed E-state index contributed by atoms with van der Waals surface area (Å²) in [5.74, 6) is 1.77. The molecule has 0 radical (unpaired) electrons. The Bertz CT molecular complexity index is 2340. The summed E-state index contributed by atoms with van der Waals surface area (Å²) in [4.78, 5) is 16.3. The summed E-state index contributed by atoms with van der Waals surface area (Å²) < 4.78 is 18.2. The van der Waals surface area contributed by atoms with Crippen LogP contribution < -0.4 is 4.90 Å². The van der Waals surface area contributed by atoms with E-state index >= 15 is 0 Å². The van der Waals surface area contributed by atoms with E-state index in [1.165, 1.54) is 0 Å². The van der Waals surface area contributed by atoms with Gasteiger partial charge in [-0.3, -0.25) is 0 Å². The lowest BCUT2D eigenvalue weighted by Gasteiger charge is -2.26. The van der Waals surface area contributed by atoms with E-state index in [1.807, 2.05) is 110 Å². The van der Waals surface area contributed by atoms with E-state index in [2.05, 4.69) is 51.3 Å². The van der Waals surface area contributed by atoms with E-state index in [-0.39, 0.29) is 0 Å². The molecule has 0 N–H and O–H groups in total. The van der Waals surface area contributed by atoms with Gasteiger partial charge in [0, 0.05) is 33.8 Å². The highest BCUT2D eigenvalue weighted by Crippen LogP contribution is 2.38. The minimum absolute atomic E-state index is 0.588. The topological polar surface area (TPSA) is 81.3 Å². The van der Waals surface area contributed by atoms with Crippen LogP contribution in [0.4, 0.5) is 17.1 Å². The summed E-state index contributed by atoms with van der Waals surface area (Å²) in [5, 5.41) is 0. The Morgan fingerprint density at radius 3 is 1.21 bits per heavy atom. The van der Waals surface area contributed by atoms with Crippen LogP contribution in [-0.2, 0) is 0 Å². The third-order valence-electron chi connectivity index (χ3n) is 8.25. The van der Waals surface area contributed by atoms with Gasteiger partial charge >= 0.3 is 0 Å². The maximum absolute atomic E-state index is 6.10. The van der Waals surface area contributed by atoms with Gasteiger partial charge in [-0.2, -0.15) is 0 Å². The first-order valence-electron chi connectivity index (χ1n) is 15.3. The van der Waals surface area contributed by atoms with E-state index in [0.717, 1.165) is 72.6 Å². The molecular formula is C40H26N4O3. The fourth-order valence-electron chi connectivity index (χ4n) is 5.85. The van der Waals surface area contributed by atoms with Crippen molar-refractivity contribution in [2.75, 3.05) is 4.90 Å². The first kappa shape index (κ1) is 26.9. The zero-order valence-electron chi connectivity index (χ0n) is 25.3. The van der Waals surface area contributed by atoms with Crippen molar-refractivity contribution in [2.45, 2.75) is 6.92 Å². The molecule has 0 saturated heterocycles. The second-order valence-corrected chi connectivity index (χ2v) is 11.4. The molecule has 0 spiro atoms. The average molecular weight is 611 g/mol. The van der Waals surface area contributed by atoms with Crippen LogP contribution in [0.2, 0.25) is 0 Å². The second kappa shape index (κ2) is 10.9. The number of fused-ring (bicyclic) bond motifs is 3. The molecule has 47 heavy (non-hydrogen) atoms. The van der Waals surface area contributed by atoms with Crippen LogP contribution in [0, 0.1) is 6.92 Å². The summed E-state index contributed by atoms with van der Waals surface area (Å²) in [6.07, 6.45) is 0. The molecule has 0 amide bonds. The number of hydrogen-bond acceptors (Lipinski definition) is 7. The number of para-hydroxylation sites is 4. The fourth-order valence-corrected chi connectivity index (χ4v) is 5.85. The fraction of sp³-hybridized carbons (Fsp3) is 0.0250. The second-order valence-electron chi connectivity index (χ2n) is 11.4. The first-order chi connectivity index (χ1) is 23.1. The number of hydrogen-bond donors (Lipinski definition) is 0. The Labute approximate surface area is 269 Å². The zero-order valence-corrected chi connectivity index (χ0v) is 25.3. The molecule has 0 aliphatic carbocycles. The van der Waals surface area contributed by atoms with Gasteiger partial charge in [0.25, 0.3) is 0 Å². The molecule has 3 aromatic heterocycles. The van der Waals surface area contributed by atoms with Gasteiger partial charge < -0.3 is 18.2 Å². The molecule has 0 unspecified atom stereocenters. The Kier molecular flexibility index (Phi) is 6.21. The molecule has 9 aromatic rings. The van der Waals surface area contributed by atoms with Crippen molar-refractivity contribution in [2.24, 2.45) is 0 Å². The number of rotatable bonds is 6. The molecule has 0 bridgehead atoms. The van der Waals surface area contributed by atoms with Crippen molar-refractivity contribution >= 4 is 50.4 Å². The van der Waals surface area contributed by atoms with Crippen molar-refractivity contribution < 1.29 is 13.3 Å². The summed E-state index contributed by atoms with van der Waals surface area (Å²) in [6, 6.07) is 46.3. The standard InChI is InChI=1S/C40H26N4O3/c1-25-10-23-34-37(24-25)47-40(43-34)28-15-21-31(22-16-28)44(29-17-11-26(12-18-29)38-41-32-6-2-4-8-35(32)45-38)30-19-13-27(14-20-30)39-42-33-7-3-5-9-36(33)46-39/h2-24H,1H3. The summed E-state index contributed by atoms with van der Waals surface area (Å²) >= 11 is 0. The highest BCUT2D eigenvalue weighted by molar-refractivity contribution is 5.82. The molecule has 224 valence electrons. The normalized spacial score (nSPS) is 11.5.